The number of hydrogen-bond acceptors (Lipinski definition) is 5. The second-order valence-electron chi connectivity index (χ2n) is 9.66. The van der Waals surface area contributed by atoms with E-state index in [2.05, 4.69) is 20.8 Å². The Labute approximate surface area is 205 Å². The fraction of sp³-hybridized carbons (Fsp3) is 0.400. The summed E-state index contributed by atoms with van der Waals surface area (Å²) in [5, 5.41) is 13.4. The van der Waals surface area contributed by atoms with Crippen molar-refractivity contribution in [2.45, 2.75) is 57.5 Å². The number of halogens is 2. The van der Waals surface area contributed by atoms with Crippen LogP contribution < -0.4 is 10.6 Å². The van der Waals surface area contributed by atoms with Gasteiger partial charge in [0, 0.05) is 37.8 Å². The Hall–Kier alpha value is -3.89. The first kappa shape index (κ1) is 23.8. The van der Waals surface area contributed by atoms with Crippen LogP contribution in [0.1, 0.15) is 62.6 Å². The number of aryl methyl sites for hydroxylation is 2. The van der Waals surface area contributed by atoms with Crippen LogP contribution in [0.5, 0.6) is 0 Å². The number of carbonyl (C=O) groups excluding carboxylic acids is 3. The Morgan fingerprint density at radius 2 is 1.78 bits per heavy atom. The molecule has 0 radical (unpaired) electrons. The molecule has 2 amide bonds. The minimum atomic E-state index is -2.98. The molecule has 1 aromatic carbocycles. The lowest BCUT2D eigenvalue weighted by Gasteiger charge is -2.46. The average Bonchev–Trinajstić information content (AvgIpc) is 3.49. The second kappa shape index (κ2) is 8.35. The molecule has 0 unspecified atom stereocenters. The number of fused-ring (bicyclic) bond motifs is 1. The van der Waals surface area contributed by atoms with Gasteiger partial charge in [-0.05, 0) is 44.4 Å². The zero-order chi connectivity index (χ0) is 25.8. The molecule has 2 aliphatic rings. The van der Waals surface area contributed by atoms with Gasteiger partial charge in [0.25, 0.3) is 23.5 Å². The fourth-order valence-corrected chi connectivity index (χ4v) is 5.25. The molecule has 0 bridgehead atoms. The zero-order valence-electron chi connectivity index (χ0n) is 20.2. The summed E-state index contributed by atoms with van der Waals surface area (Å²) in [6, 6.07) is 7.34. The lowest BCUT2D eigenvalue weighted by atomic mass is 9.71. The Bertz CT molecular complexity index is 1380. The lowest BCUT2D eigenvalue weighted by molar-refractivity contribution is -0.148. The van der Waals surface area contributed by atoms with E-state index < -0.39 is 36.0 Å². The second-order valence-corrected chi connectivity index (χ2v) is 9.66. The molecule has 2 N–H and O–H groups in total. The summed E-state index contributed by atoms with van der Waals surface area (Å²) < 4.78 is 29.5. The van der Waals surface area contributed by atoms with E-state index in [0.29, 0.717) is 35.5 Å². The number of carbonyl (C=O) groups is 3. The number of benzene rings is 1. The van der Waals surface area contributed by atoms with Crippen LogP contribution in [0.3, 0.4) is 0 Å². The molecule has 9 nitrogen and oxygen atoms in total. The van der Waals surface area contributed by atoms with Crippen molar-refractivity contribution < 1.29 is 23.2 Å². The molecule has 1 fully saturated rings. The van der Waals surface area contributed by atoms with Crippen molar-refractivity contribution in [3.05, 3.63) is 64.2 Å². The highest BCUT2D eigenvalue weighted by molar-refractivity contribution is 6.43. The smallest absolute Gasteiger partial charge is 0.294 e. The first-order valence-corrected chi connectivity index (χ1v) is 11.7. The van der Waals surface area contributed by atoms with Crippen molar-refractivity contribution in [2.24, 2.45) is 7.05 Å². The highest BCUT2D eigenvalue weighted by Crippen LogP contribution is 2.51. The van der Waals surface area contributed by atoms with Gasteiger partial charge in [0.05, 0.1) is 23.0 Å². The van der Waals surface area contributed by atoms with Crippen molar-refractivity contribution in [1.29, 1.82) is 0 Å². The number of amides is 2. The van der Waals surface area contributed by atoms with Crippen LogP contribution in [-0.4, -0.2) is 43.1 Å². The third-order valence-corrected chi connectivity index (χ3v) is 6.93. The van der Waals surface area contributed by atoms with Gasteiger partial charge in [-0.2, -0.15) is 15.0 Å². The van der Waals surface area contributed by atoms with Crippen LogP contribution in [0.25, 0.3) is 0 Å². The summed E-state index contributed by atoms with van der Waals surface area (Å²) >= 11 is 0. The average molecular weight is 497 g/mol. The van der Waals surface area contributed by atoms with Crippen molar-refractivity contribution in [3.8, 4) is 0 Å². The molecule has 1 saturated carbocycles. The molecular formula is C25H26F2N6O3. The van der Waals surface area contributed by atoms with Gasteiger partial charge >= 0.3 is 0 Å². The molecule has 5 rings (SSSR count). The van der Waals surface area contributed by atoms with Gasteiger partial charge in [-0.3, -0.25) is 14.4 Å². The highest BCUT2D eigenvalue weighted by atomic mass is 19.3. The number of nitrogens with zero attached hydrogens (tertiary/aromatic N) is 4. The summed E-state index contributed by atoms with van der Waals surface area (Å²) in [6.07, 6.45) is 1.27. The normalized spacial score (nSPS) is 17.2. The summed E-state index contributed by atoms with van der Waals surface area (Å²) in [4.78, 5) is 40.9. The van der Waals surface area contributed by atoms with Crippen LogP contribution in [0.4, 0.5) is 14.5 Å². The number of aromatic nitrogens is 4. The summed E-state index contributed by atoms with van der Waals surface area (Å²) in [5.74, 6) is -5.24. The van der Waals surface area contributed by atoms with Crippen LogP contribution in [0.2, 0.25) is 0 Å². The van der Waals surface area contributed by atoms with Gasteiger partial charge in [-0.1, -0.05) is 17.7 Å². The van der Waals surface area contributed by atoms with Gasteiger partial charge in [0.15, 0.2) is 0 Å². The SMILES string of the molecule is Cc1ccc(NC(=O)c2c(C)c(C(=O)C(=O)NC3(c4cnn(C)n4)CC(F)(F)C3)n3c2CCC3)cc1. The molecule has 0 saturated heterocycles. The van der Waals surface area contributed by atoms with Crippen LogP contribution in [0, 0.1) is 13.8 Å². The van der Waals surface area contributed by atoms with E-state index in [4.69, 9.17) is 0 Å². The molecule has 3 aromatic rings. The maximum Gasteiger partial charge on any atom is 0.294 e. The maximum atomic E-state index is 13.9. The topological polar surface area (TPSA) is 111 Å². The van der Waals surface area contributed by atoms with E-state index in [9.17, 15) is 23.2 Å². The van der Waals surface area contributed by atoms with E-state index in [0.717, 1.165) is 12.0 Å². The molecular weight excluding hydrogens is 470 g/mol. The Morgan fingerprint density at radius 1 is 1.08 bits per heavy atom. The third kappa shape index (κ3) is 3.98. The number of hydrogen-bond donors (Lipinski definition) is 2. The fourth-order valence-electron chi connectivity index (χ4n) is 5.25. The van der Waals surface area contributed by atoms with Crippen molar-refractivity contribution >= 4 is 23.3 Å². The number of nitrogens with one attached hydrogen (secondary N) is 2. The zero-order valence-corrected chi connectivity index (χ0v) is 20.2. The number of alkyl halides is 2. The molecule has 3 heterocycles. The molecule has 0 atom stereocenters. The maximum absolute atomic E-state index is 13.9. The number of anilines is 1. The van der Waals surface area contributed by atoms with E-state index in [1.807, 2.05) is 19.1 Å². The predicted octanol–water partition coefficient (Wildman–Crippen LogP) is 3.06. The quantitative estimate of drug-likeness (QED) is 0.403. The van der Waals surface area contributed by atoms with Crippen molar-refractivity contribution in [1.82, 2.24) is 24.9 Å². The molecule has 1 aliphatic heterocycles. The first-order chi connectivity index (χ1) is 17.0. The largest absolute Gasteiger partial charge is 0.341 e. The van der Waals surface area contributed by atoms with E-state index in [1.165, 1.54) is 18.0 Å². The lowest BCUT2D eigenvalue weighted by Crippen LogP contribution is -2.61. The number of ketones is 1. The Balaban J connectivity index is 1.43. The van der Waals surface area contributed by atoms with E-state index in [-0.39, 0.29) is 17.3 Å². The molecule has 1 aliphatic carbocycles. The molecule has 188 valence electrons. The molecule has 36 heavy (non-hydrogen) atoms. The highest BCUT2D eigenvalue weighted by Gasteiger charge is 2.60. The van der Waals surface area contributed by atoms with E-state index in [1.54, 1.807) is 23.6 Å². The standard InChI is InChI=1S/C25H26F2N6O3/c1-14-6-8-16(9-7-14)29-22(35)19-15(2)20(33-10-4-5-17(19)33)21(34)23(36)30-24(12-25(26,27)13-24)18-11-28-32(3)31-18/h6-9,11H,4-5,10,12-13H2,1-3H3,(H,29,35)(H,30,36). The van der Waals surface area contributed by atoms with Gasteiger partial charge in [0.2, 0.25) is 0 Å². The monoisotopic (exact) mass is 496 g/mol. The molecule has 0 spiro atoms. The summed E-state index contributed by atoms with van der Waals surface area (Å²) in [7, 11) is 1.54. The predicted molar refractivity (Wildman–Crippen MR) is 126 cm³/mol. The number of Topliss-reactive ketones (excluding diaryl/α,β-unsaturated/α-hetero) is 1. The van der Waals surface area contributed by atoms with Gasteiger partial charge < -0.3 is 15.2 Å². The van der Waals surface area contributed by atoms with Crippen molar-refractivity contribution in [2.75, 3.05) is 5.32 Å². The Kier molecular flexibility index (Phi) is 5.53. The minimum Gasteiger partial charge on any atom is -0.341 e. The molecule has 2 aromatic heterocycles. The van der Waals surface area contributed by atoms with Crippen LogP contribution in [0.15, 0.2) is 30.5 Å². The minimum absolute atomic E-state index is 0.106. The molecule has 11 heteroatoms. The van der Waals surface area contributed by atoms with Gasteiger partial charge in [-0.15, -0.1) is 0 Å². The first-order valence-electron chi connectivity index (χ1n) is 11.7. The van der Waals surface area contributed by atoms with Gasteiger partial charge in [-0.25, -0.2) is 8.78 Å². The summed E-state index contributed by atoms with van der Waals surface area (Å²) in [5.41, 5.74) is 1.91. The Morgan fingerprint density at radius 3 is 2.39 bits per heavy atom. The van der Waals surface area contributed by atoms with Gasteiger partial charge in [0.1, 0.15) is 5.69 Å². The number of rotatable bonds is 6. The third-order valence-electron chi connectivity index (χ3n) is 6.93. The van der Waals surface area contributed by atoms with Crippen LogP contribution >= 0.6 is 0 Å². The summed E-state index contributed by atoms with van der Waals surface area (Å²) in [6.45, 7) is 4.06. The van der Waals surface area contributed by atoms with Crippen molar-refractivity contribution in [3.63, 3.8) is 0 Å². The van der Waals surface area contributed by atoms with Crippen LogP contribution in [-0.2, 0) is 30.3 Å². The van der Waals surface area contributed by atoms with E-state index >= 15 is 0 Å².